The first-order valence-corrected chi connectivity index (χ1v) is 6.82. The summed E-state index contributed by atoms with van der Waals surface area (Å²) in [5, 5.41) is 12.0. The van der Waals surface area contributed by atoms with Crippen LogP contribution in [0.2, 0.25) is 0 Å². The van der Waals surface area contributed by atoms with E-state index in [4.69, 9.17) is 9.84 Å². The Kier molecular flexibility index (Phi) is 4.29. The molecule has 0 saturated carbocycles. The van der Waals surface area contributed by atoms with Crippen molar-refractivity contribution >= 4 is 12.0 Å². The summed E-state index contributed by atoms with van der Waals surface area (Å²) in [6.07, 6.45) is 2.33. The third-order valence-electron chi connectivity index (χ3n) is 4.14. The highest BCUT2D eigenvalue weighted by Gasteiger charge is 2.51. The molecule has 2 bridgehead atoms. The van der Waals surface area contributed by atoms with E-state index in [1.807, 2.05) is 6.92 Å². The lowest BCUT2D eigenvalue weighted by Crippen LogP contribution is -2.45. The molecule has 6 heteroatoms. The molecule has 0 spiro atoms. The van der Waals surface area contributed by atoms with E-state index in [-0.39, 0.29) is 30.0 Å². The van der Waals surface area contributed by atoms with Gasteiger partial charge >= 0.3 is 12.0 Å². The van der Waals surface area contributed by atoms with Gasteiger partial charge in [-0.3, -0.25) is 4.79 Å². The number of rotatable bonds is 5. The van der Waals surface area contributed by atoms with Gasteiger partial charge in [-0.1, -0.05) is 6.92 Å². The number of carboxylic acid groups (broad SMARTS) is 1. The van der Waals surface area contributed by atoms with Crippen molar-refractivity contribution in [3.8, 4) is 0 Å². The molecule has 108 valence electrons. The third kappa shape index (κ3) is 2.83. The van der Waals surface area contributed by atoms with Crippen molar-refractivity contribution in [1.29, 1.82) is 0 Å². The summed E-state index contributed by atoms with van der Waals surface area (Å²) in [6, 6.07) is -0.150. The molecule has 2 aliphatic rings. The van der Waals surface area contributed by atoms with Gasteiger partial charge in [0.1, 0.15) is 0 Å². The minimum absolute atomic E-state index is 0.101. The molecule has 2 aliphatic heterocycles. The van der Waals surface area contributed by atoms with Gasteiger partial charge in [-0.05, 0) is 25.2 Å². The Morgan fingerprint density at radius 1 is 1.47 bits per heavy atom. The number of ether oxygens (including phenoxy) is 1. The van der Waals surface area contributed by atoms with E-state index in [2.05, 4.69) is 5.32 Å². The molecular weight excluding hydrogens is 248 g/mol. The summed E-state index contributed by atoms with van der Waals surface area (Å²) in [5.74, 6) is -0.914. The first-order chi connectivity index (χ1) is 9.04. The number of carbonyl (C=O) groups is 2. The SMILES string of the molecule is COCC(C)CNC(=O)N1C2CCC1C(C(=O)O)C2. The Morgan fingerprint density at radius 3 is 2.79 bits per heavy atom. The van der Waals surface area contributed by atoms with Crippen molar-refractivity contribution in [2.75, 3.05) is 20.3 Å². The Hall–Kier alpha value is -1.30. The van der Waals surface area contributed by atoms with Crippen molar-refractivity contribution in [3.63, 3.8) is 0 Å². The summed E-state index contributed by atoms with van der Waals surface area (Å²) in [6.45, 7) is 3.16. The number of amides is 2. The first kappa shape index (κ1) is 14.1. The minimum Gasteiger partial charge on any atom is -0.481 e. The van der Waals surface area contributed by atoms with Crippen LogP contribution in [0.5, 0.6) is 0 Å². The lowest BCUT2D eigenvalue weighted by atomic mass is 9.89. The van der Waals surface area contributed by atoms with Crippen LogP contribution in [0.4, 0.5) is 4.79 Å². The topological polar surface area (TPSA) is 78.9 Å². The summed E-state index contributed by atoms with van der Waals surface area (Å²) in [4.78, 5) is 25.0. The second-order valence-corrected chi connectivity index (χ2v) is 5.63. The Morgan fingerprint density at radius 2 is 2.21 bits per heavy atom. The van der Waals surface area contributed by atoms with Crippen LogP contribution in [0, 0.1) is 11.8 Å². The van der Waals surface area contributed by atoms with E-state index in [9.17, 15) is 9.59 Å². The minimum atomic E-state index is -0.780. The number of aliphatic carboxylic acids is 1. The van der Waals surface area contributed by atoms with Crippen molar-refractivity contribution in [2.24, 2.45) is 11.8 Å². The fraction of sp³-hybridized carbons (Fsp3) is 0.846. The largest absolute Gasteiger partial charge is 0.481 e. The molecule has 2 amide bonds. The summed E-state index contributed by atoms with van der Waals surface area (Å²) in [7, 11) is 1.64. The van der Waals surface area contributed by atoms with Crippen LogP contribution in [-0.2, 0) is 9.53 Å². The summed E-state index contributed by atoms with van der Waals surface area (Å²) in [5.41, 5.74) is 0. The number of nitrogens with zero attached hydrogens (tertiary/aromatic N) is 1. The van der Waals surface area contributed by atoms with Crippen LogP contribution in [-0.4, -0.2) is 54.4 Å². The van der Waals surface area contributed by atoms with Gasteiger partial charge in [0.05, 0.1) is 12.5 Å². The van der Waals surface area contributed by atoms with E-state index < -0.39 is 5.97 Å². The molecule has 0 aromatic rings. The molecule has 2 fully saturated rings. The second kappa shape index (κ2) is 5.77. The number of fused-ring (bicyclic) bond motifs is 2. The van der Waals surface area contributed by atoms with Gasteiger partial charge in [0.2, 0.25) is 0 Å². The molecule has 2 rings (SSSR count). The molecule has 2 N–H and O–H groups in total. The lowest BCUT2D eigenvalue weighted by molar-refractivity contribution is -0.142. The van der Waals surface area contributed by atoms with E-state index in [1.165, 1.54) is 0 Å². The van der Waals surface area contributed by atoms with Crippen LogP contribution < -0.4 is 5.32 Å². The van der Waals surface area contributed by atoms with E-state index in [0.29, 0.717) is 19.6 Å². The molecule has 4 unspecified atom stereocenters. The van der Waals surface area contributed by atoms with Crippen LogP contribution >= 0.6 is 0 Å². The molecule has 0 radical (unpaired) electrons. The number of hydrogen-bond acceptors (Lipinski definition) is 3. The fourth-order valence-corrected chi connectivity index (χ4v) is 3.27. The van der Waals surface area contributed by atoms with Crippen molar-refractivity contribution in [2.45, 2.75) is 38.3 Å². The van der Waals surface area contributed by atoms with Crippen LogP contribution in [0.3, 0.4) is 0 Å². The summed E-state index contributed by atoms with van der Waals surface area (Å²) < 4.78 is 5.02. The van der Waals surface area contributed by atoms with Gasteiger partial charge in [0.25, 0.3) is 0 Å². The second-order valence-electron chi connectivity index (χ2n) is 5.63. The predicted molar refractivity (Wildman–Crippen MR) is 68.8 cm³/mol. The molecule has 6 nitrogen and oxygen atoms in total. The highest BCUT2D eigenvalue weighted by Crippen LogP contribution is 2.41. The monoisotopic (exact) mass is 270 g/mol. The first-order valence-electron chi connectivity index (χ1n) is 6.82. The molecule has 4 atom stereocenters. The van der Waals surface area contributed by atoms with Gasteiger partial charge in [0, 0.05) is 25.7 Å². The number of carbonyl (C=O) groups excluding carboxylic acids is 1. The molecule has 0 aromatic heterocycles. The van der Waals surface area contributed by atoms with Gasteiger partial charge in [-0.25, -0.2) is 4.79 Å². The number of methoxy groups -OCH3 is 1. The molecule has 2 saturated heterocycles. The van der Waals surface area contributed by atoms with Gasteiger partial charge in [-0.2, -0.15) is 0 Å². The lowest BCUT2D eigenvalue weighted by Gasteiger charge is -2.24. The van der Waals surface area contributed by atoms with Gasteiger partial charge in [0.15, 0.2) is 0 Å². The Bertz CT molecular complexity index is 361. The molecule has 19 heavy (non-hydrogen) atoms. The van der Waals surface area contributed by atoms with E-state index >= 15 is 0 Å². The van der Waals surface area contributed by atoms with Crippen molar-refractivity contribution in [1.82, 2.24) is 10.2 Å². The third-order valence-corrected chi connectivity index (χ3v) is 4.14. The predicted octanol–water partition coefficient (Wildman–Crippen LogP) is 0.916. The Labute approximate surface area is 113 Å². The normalized spacial score (nSPS) is 30.4. The Balaban J connectivity index is 1.88. The van der Waals surface area contributed by atoms with Gasteiger partial charge < -0.3 is 20.1 Å². The highest BCUT2D eigenvalue weighted by molar-refractivity contribution is 5.79. The fourth-order valence-electron chi connectivity index (χ4n) is 3.27. The highest BCUT2D eigenvalue weighted by atomic mass is 16.5. The van der Waals surface area contributed by atoms with Crippen molar-refractivity contribution in [3.05, 3.63) is 0 Å². The molecule has 0 aromatic carbocycles. The van der Waals surface area contributed by atoms with E-state index in [1.54, 1.807) is 12.0 Å². The van der Waals surface area contributed by atoms with Crippen LogP contribution in [0.25, 0.3) is 0 Å². The van der Waals surface area contributed by atoms with E-state index in [0.717, 1.165) is 12.8 Å². The van der Waals surface area contributed by atoms with Gasteiger partial charge in [-0.15, -0.1) is 0 Å². The maximum absolute atomic E-state index is 12.2. The zero-order valence-electron chi connectivity index (χ0n) is 11.5. The maximum Gasteiger partial charge on any atom is 0.317 e. The smallest absolute Gasteiger partial charge is 0.317 e. The van der Waals surface area contributed by atoms with Crippen LogP contribution in [0.1, 0.15) is 26.2 Å². The standard InChI is InChI=1S/C13H22N2O4/c1-8(7-19-2)6-14-13(18)15-9-3-4-11(15)10(5-9)12(16)17/h8-11H,3-7H2,1-2H3,(H,14,18)(H,16,17). The number of hydrogen-bond donors (Lipinski definition) is 2. The quantitative estimate of drug-likeness (QED) is 0.778. The number of carboxylic acids is 1. The summed E-state index contributed by atoms with van der Waals surface area (Å²) >= 11 is 0. The number of nitrogens with one attached hydrogen (secondary N) is 1. The zero-order valence-corrected chi connectivity index (χ0v) is 11.5. The zero-order chi connectivity index (χ0) is 14.0. The molecule has 2 heterocycles. The number of urea groups is 1. The maximum atomic E-state index is 12.2. The van der Waals surface area contributed by atoms with Crippen LogP contribution in [0.15, 0.2) is 0 Å². The molecular formula is C13H22N2O4. The average Bonchev–Trinajstić information content (AvgIpc) is 2.93. The van der Waals surface area contributed by atoms with Crippen molar-refractivity contribution < 1.29 is 19.4 Å². The average molecular weight is 270 g/mol. The molecule has 0 aliphatic carbocycles.